The number of methoxy groups -OCH3 is 1. The molecule has 2 aromatic rings. The SMILES string of the molecule is COc1ccc(C(=O)c2c(C)nn(C)c2O)c(Cl)c1N=S1(=O)CCCCC1. The summed E-state index contributed by atoms with van der Waals surface area (Å²) < 4.78 is 24.0. The molecular weight excluding hydrogens is 390 g/mol. The molecule has 1 N–H and O–H groups in total. The van der Waals surface area contributed by atoms with Crippen LogP contribution in [0.2, 0.25) is 5.02 Å². The molecule has 1 aliphatic rings. The quantitative estimate of drug-likeness (QED) is 0.775. The van der Waals surface area contributed by atoms with Gasteiger partial charge in [0.05, 0.1) is 27.6 Å². The second kappa shape index (κ2) is 7.52. The molecule has 146 valence electrons. The van der Waals surface area contributed by atoms with Crippen LogP contribution < -0.4 is 4.74 Å². The molecule has 0 atom stereocenters. The summed E-state index contributed by atoms with van der Waals surface area (Å²) in [6.07, 6.45) is 2.74. The third kappa shape index (κ3) is 3.68. The lowest BCUT2D eigenvalue weighted by Gasteiger charge is -2.17. The van der Waals surface area contributed by atoms with Crippen molar-refractivity contribution in [2.24, 2.45) is 11.4 Å². The summed E-state index contributed by atoms with van der Waals surface area (Å²) >= 11 is 6.50. The van der Waals surface area contributed by atoms with Crippen molar-refractivity contribution in [2.75, 3.05) is 18.6 Å². The fourth-order valence-corrected chi connectivity index (χ4v) is 5.76. The predicted octanol–water partition coefficient (Wildman–Crippen LogP) is 3.61. The van der Waals surface area contributed by atoms with Crippen molar-refractivity contribution in [3.8, 4) is 11.6 Å². The van der Waals surface area contributed by atoms with Crippen LogP contribution in [0.3, 0.4) is 0 Å². The molecule has 1 aromatic carbocycles. The summed E-state index contributed by atoms with van der Waals surface area (Å²) in [5, 5.41) is 14.3. The van der Waals surface area contributed by atoms with E-state index in [-0.39, 0.29) is 27.7 Å². The van der Waals surface area contributed by atoms with Crippen molar-refractivity contribution in [3.63, 3.8) is 0 Å². The van der Waals surface area contributed by atoms with Crippen molar-refractivity contribution in [2.45, 2.75) is 26.2 Å². The number of rotatable bonds is 4. The minimum Gasteiger partial charge on any atom is -0.494 e. The first kappa shape index (κ1) is 19.7. The number of aromatic hydroxyl groups is 1. The van der Waals surface area contributed by atoms with Crippen molar-refractivity contribution in [1.29, 1.82) is 0 Å². The van der Waals surface area contributed by atoms with Gasteiger partial charge >= 0.3 is 0 Å². The number of carbonyl (C=O) groups is 1. The van der Waals surface area contributed by atoms with Crippen LogP contribution in [0.25, 0.3) is 0 Å². The van der Waals surface area contributed by atoms with Gasteiger partial charge in [0.2, 0.25) is 11.7 Å². The third-order valence-corrected chi connectivity index (χ3v) is 7.40. The Bertz CT molecular complexity index is 1010. The van der Waals surface area contributed by atoms with Crippen LogP contribution in [0.4, 0.5) is 5.69 Å². The van der Waals surface area contributed by atoms with Gasteiger partial charge in [0.25, 0.3) is 0 Å². The van der Waals surface area contributed by atoms with Crippen molar-refractivity contribution < 1.29 is 18.8 Å². The number of ether oxygens (including phenoxy) is 1. The standard InChI is InChI=1S/C18H22ClN3O4S/c1-11-14(18(24)22(2)20-11)17(23)12-7-8-13(26-3)16(15(12)19)21-27(25)9-5-4-6-10-27/h7-8,24H,4-6,9-10H2,1-3H3. The molecule has 1 aromatic heterocycles. The number of halogens is 1. The van der Waals surface area contributed by atoms with Crippen LogP contribution in [0.1, 0.15) is 40.9 Å². The number of carbonyl (C=O) groups excluding carboxylic acids is 1. The number of benzene rings is 1. The Labute approximate surface area is 163 Å². The van der Waals surface area contributed by atoms with Gasteiger partial charge in [0.1, 0.15) is 17.0 Å². The van der Waals surface area contributed by atoms with Crippen molar-refractivity contribution in [1.82, 2.24) is 9.78 Å². The van der Waals surface area contributed by atoms with Crippen LogP contribution in [0.5, 0.6) is 11.6 Å². The summed E-state index contributed by atoms with van der Waals surface area (Å²) in [4.78, 5) is 13.0. The highest BCUT2D eigenvalue weighted by molar-refractivity contribution is 7.93. The monoisotopic (exact) mass is 411 g/mol. The number of ketones is 1. The van der Waals surface area contributed by atoms with Gasteiger partial charge in [-0.05, 0) is 31.9 Å². The van der Waals surface area contributed by atoms with Crippen LogP contribution >= 0.6 is 11.6 Å². The van der Waals surface area contributed by atoms with Gasteiger partial charge in [-0.3, -0.25) is 4.79 Å². The number of aromatic nitrogens is 2. The molecule has 9 heteroatoms. The average Bonchev–Trinajstić information content (AvgIpc) is 2.88. The minimum atomic E-state index is -2.43. The average molecular weight is 412 g/mol. The van der Waals surface area contributed by atoms with Crippen LogP contribution in [0.15, 0.2) is 16.5 Å². The van der Waals surface area contributed by atoms with E-state index in [4.69, 9.17) is 16.3 Å². The van der Waals surface area contributed by atoms with E-state index in [2.05, 4.69) is 9.46 Å². The maximum atomic E-state index is 13.0. The largest absolute Gasteiger partial charge is 0.494 e. The van der Waals surface area contributed by atoms with E-state index in [0.29, 0.717) is 22.9 Å². The molecule has 1 aliphatic heterocycles. The Kier molecular flexibility index (Phi) is 5.48. The zero-order valence-electron chi connectivity index (χ0n) is 15.5. The van der Waals surface area contributed by atoms with Crippen molar-refractivity contribution >= 4 is 32.8 Å². The zero-order valence-corrected chi connectivity index (χ0v) is 17.1. The molecule has 0 bridgehead atoms. The first-order valence-electron chi connectivity index (χ1n) is 8.63. The lowest BCUT2D eigenvalue weighted by molar-refractivity contribution is 0.103. The van der Waals surface area contributed by atoms with E-state index in [1.54, 1.807) is 20.0 Å². The first-order valence-corrected chi connectivity index (χ1v) is 10.9. The molecule has 0 amide bonds. The molecule has 1 saturated heterocycles. The Morgan fingerprint density at radius 3 is 2.56 bits per heavy atom. The van der Waals surface area contributed by atoms with Gasteiger partial charge in [-0.15, -0.1) is 0 Å². The molecule has 0 aliphatic carbocycles. The Balaban J connectivity index is 2.15. The number of hydrogen-bond acceptors (Lipinski definition) is 6. The molecule has 7 nitrogen and oxygen atoms in total. The third-order valence-electron chi connectivity index (χ3n) is 4.65. The molecule has 0 radical (unpaired) electrons. The summed E-state index contributed by atoms with van der Waals surface area (Å²) in [7, 11) is 0.580. The summed E-state index contributed by atoms with van der Waals surface area (Å²) in [5.41, 5.74) is 0.848. The second-order valence-corrected chi connectivity index (χ2v) is 9.47. The Morgan fingerprint density at radius 1 is 1.33 bits per heavy atom. The lowest BCUT2D eigenvalue weighted by Crippen LogP contribution is -2.16. The number of nitrogens with zero attached hydrogens (tertiary/aromatic N) is 3. The van der Waals surface area contributed by atoms with Crippen LogP contribution in [0, 0.1) is 6.92 Å². The molecule has 0 unspecified atom stereocenters. The molecule has 1 fully saturated rings. The predicted molar refractivity (Wildman–Crippen MR) is 105 cm³/mol. The van der Waals surface area contributed by atoms with E-state index < -0.39 is 15.5 Å². The highest BCUT2D eigenvalue weighted by Gasteiger charge is 2.26. The molecule has 2 heterocycles. The van der Waals surface area contributed by atoms with Gasteiger partial charge in [-0.25, -0.2) is 8.89 Å². The van der Waals surface area contributed by atoms with Crippen LogP contribution in [-0.4, -0.2) is 43.5 Å². The van der Waals surface area contributed by atoms with Gasteiger partial charge in [-0.1, -0.05) is 18.0 Å². The lowest BCUT2D eigenvalue weighted by atomic mass is 10.0. The number of hydrogen-bond donors (Lipinski definition) is 1. The highest BCUT2D eigenvalue weighted by Crippen LogP contribution is 2.40. The fourth-order valence-electron chi connectivity index (χ4n) is 3.21. The fraction of sp³-hybridized carbons (Fsp3) is 0.444. The highest BCUT2D eigenvalue weighted by atomic mass is 35.5. The van der Waals surface area contributed by atoms with E-state index in [1.165, 1.54) is 17.9 Å². The Hall–Kier alpha value is -2.06. The van der Waals surface area contributed by atoms with Gasteiger partial charge in [0, 0.05) is 24.1 Å². The van der Waals surface area contributed by atoms with Gasteiger partial charge < -0.3 is 9.84 Å². The second-order valence-electron chi connectivity index (χ2n) is 6.55. The smallest absolute Gasteiger partial charge is 0.220 e. The van der Waals surface area contributed by atoms with E-state index in [0.717, 1.165) is 19.3 Å². The van der Waals surface area contributed by atoms with E-state index in [9.17, 15) is 14.1 Å². The molecule has 0 saturated carbocycles. The van der Waals surface area contributed by atoms with Gasteiger partial charge in [0.15, 0.2) is 0 Å². The molecule has 0 spiro atoms. The summed E-state index contributed by atoms with van der Waals surface area (Å²) in [6.45, 7) is 1.63. The summed E-state index contributed by atoms with van der Waals surface area (Å²) in [6, 6.07) is 3.09. The van der Waals surface area contributed by atoms with Gasteiger partial charge in [-0.2, -0.15) is 9.46 Å². The summed E-state index contributed by atoms with van der Waals surface area (Å²) in [5.74, 6) is 0.666. The Morgan fingerprint density at radius 2 is 2.00 bits per heavy atom. The first-order chi connectivity index (χ1) is 12.8. The van der Waals surface area contributed by atoms with Crippen molar-refractivity contribution in [3.05, 3.63) is 34.0 Å². The molecule has 27 heavy (non-hydrogen) atoms. The van der Waals surface area contributed by atoms with Crippen LogP contribution in [-0.2, 0) is 16.8 Å². The topological polar surface area (TPSA) is 93.8 Å². The van der Waals surface area contributed by atoms with E-state index >= 15 is 0 Å². The maximum Gasteiger partial charge on any atom is 0.220 e. The molecular formula is C18H22ClN3O4S. The maximum absolute atomic E-state index is 13.0. The minimum absolute atomic E-state index is 0.0651. The normalized spacial score (nSPS) is 16.1. The van der Waals surface area contributed by atoms with E-state index in [1.807, 2.05) is 0 Å². The zero-order chi connectivity index (χ0) is 19.8. The number of aryl methyl sites for hydroxylation is 2. The molecule has 3 rings (SSSR count).